The molecular weight excluding hydrogens is 396 g/mol. The van der Waals surface area contributed by atoms with Crippen molar-refractivity contribution in [1.29, 1.82) is 0 Å². The molecule has 0 aromatic heterocycles. The van der Waals surface area contributed by atoms with E-state index in [1.165, 1.54) is 12.3 Å². The van der Waals surface area contributed by atoms with E-state index < -0.39 is 0 Å². The van der Waals surface area contributed by atoms with E-state index in [-0.39, 0.29) is 11.7 Å². The van der Waals surface area contributed by atoms with Gasteiger partial charge in [0.1, 0.15) is 0 Å². The van der Waals surface area contributed by atoms with Crippen molar-refractivity contribution >= 4 is 39.7 Å². The zero-order valence-electron chi connectivity index (χ0n) is 13.1. The standard InChI is InChI=1S/C17H16BrClN2O3/c1-3-24-16-7-12(13(18)8-15(16)22)9-20-21-17(23)11-5-4-10(2)14(19)6-11/h4-9,22H,3H2,1-2H3,(H,21,23)/b20-9-. The number of benzene rings is 2. The second kappa shape index (κ2) is 8.17. The Hall–Kier alpha value is -2.05. The van der Waals surface area contributed by atoms with E-state index in [0.29, 0.717) is 33.0 Å². The molecule has 0 aliphatic rings. The van der Waals surface area contributed by atoms with Gasteiger partial charge in [0.25, 0.3) is 5.91 Å². The van der Waals surface area contributed by atoms with Crippen LogP contribution in [0.1, 0.15) is 28.4 Å². The first-order valence-electron chi connectivity index (χ1n) is 7.17. The minimum atomic E-state index is -0.368. The molecule has 0 saturated carbocycles. The third-order valence-electron chi connectivity index (χ3n) is 3.18. The molecule has 0 saturated heterocycles. The third-order valence-corrected chi connectivity index (χ3v) is 4.28. The van der Waals surface area contributed by atoms with Gasteiger partial charge < -0.3 is 9.84 Å². The van der Waals surface area contributed by atoms with E-state index in [1.54, 1.807) is 24.3 Å². The minimum absolute atomic E-state index is 0.0270. The fourth-order valence-electron chi connectivity index (χ4n) is 1.89. The number of nitrogens with zero attached hydrogens (tertiary/aromatic N) is 1. The highest BCUT2D eigenvalue weighted by Crippen LogP contribution is 2.31. The Kier molecular flexibility index (Phi) is 6.23. The number of phenolic OH excluding ortho intramolecular Hbond substituents is 1. The van der Waals surface area contributed by atoms with Crippen molar-refractivity contribution in [3.8, 4) is 11.5 Å². The maximum Gasteiger partial charge on any atom is 0.271 e. The summed E-state index contributed by atoms with van der Waals surface area (Å²) in [5.74, 6) is 0.00563. The van der Waals surface area contributed by atoms with E-state index in [9.17, 15) is 9.90 Å². The summed E-state index contributed by atoms with van der Waals surface area (Å²) < 4.78 is 5.94. The monoisotopic (exact) mass is 410 g/mol. The molecule has 0 aliphatic carbocycles. The van der Waals surface area contributed by atoms with E-state index in [4.69, 9.17) is 16.3 Å². The number of rotatable bonds is 5. The molecule has 24 heavy (non-hydrogen) atoms. The number of phenols is 1. The van der Waals surface area contributed by atoms with Crippen LogP contribution in [0.15, 0.2) is 39.9 Å². The molecule has 126 valence electrons. The molecular formula is C17H16BrClN2O3. The second-order valence-electron chi connectivity index (χ2n) is 4.94. The lowest BCUT2D eigenvalue weighted by Crippen LogP contribution is -2.17. The molecule has 0 heterocycles. The van der Waals surface area contributed by atoms with Gasteiger partial charge in [-0.15, -0.1) is 0 Å². The number of aryl methyl sites for hydroxylation is 1. The molecule has 5 nitrogen and oxygen atoms in total. The summed E-state index contributed by atoms with van der Waals surface area (Å²) >= 11 is 9.33. The summed E-state index contributed by atoms with van der Waals surface area (Å²) in [6.07, 6.45) is 1.46. The summed E-state index contributed by atoms with van der Waals surface area (Å²) in [4.78, 5) is 12.0. The van der Waals surface area contributed by atoms with Crippen LogP contribution < -0.4 is 10.2 Å². The number of hydrazone groups is 1. The Bertz CT molecular complexity index is 794. The van der Waals surface area contributed by atoms with Gasteiger partial charge in [-0.3, -0.25) is 4.79 Å². The van der Waals surface area contributed by atoms with Gasteiger partial charge in [-0.05, 0) is 59.6 Å². The van der Waals surface area contributed by atoms with Crippen LogP contribution in [-0.4, -0.2) is 23.8 Å². The minimum Gasteiger partial charge on any atom is -0.504 e. The summed E-state index contributed by atoms with van der Waals surface area (Å²) in [5.41, 5.74) is 4.40. The molecule has 0 radical (unpaired) electrons. The predicted octanol–water partition coefficient (Wildman–Crippen LogP) is 4.28. The van der Waals surface area contributed by atoms with Crippen LogP contribution in [-0.2, 0) is 0 Å². The van der Waals surface area contributed by atoms with Crippen molar-refractivity contribution in [3.63, 3.8) is 0 Å². The topological polar surface area (TPSA) is 70.9 Å². The van der Waals surface area contributed by atoms with Crippen molar-refractivity contribution in [2.45, 2.75) is 13.8 Å². The zero-order valence-corrected chi connectivity index (χ0v) is 15.5. The van der Waals surface area contributed by atoms with Crippen LogP contribution in [0.5, 0.6) is 11.5 Å². The maximum atomic E-state index is 12.0. The van der Waals surface area contributed by atoms with Gasteiger partial charge >= 0.3 is 0 Å². The summed E-state index contributed by atoms with van der Waals surface area (Å²) in [6.45, 7) is 4.11. The fraction of sp³-hybridized carbons (Fsp3) is 0.176. The van der Waals surface area contributed by atoms with Gasteiger partial charge in [0.05, 0.1) is 12.8 Å². The van der Waals surface area contributed by atoms with Crippen molar-refractivity contribution in [1.82, 2.24) is 5.43 Å². The first-order valence-corrected chi connectivity index (χ1v) is 8.34. The lowest BCUT2D eigenvalue weighted by atomic mass is 10.1. The van der Waals surface area contributed by atoms with Crippen molar-refractivity contribution in [2.24, 2.45) is 5.10 Å². The Morgan fingerprint density at radius 3 is 2.83 bits per heavy atom. The Morgan fingerprint density at radius 1 is 1.42 bits per heavy atom. The highest BCUT2D eigenvalue weighted by atomic mass is 79.9. The molecule has 7 heteroatoms. The molecule has 2 N–H and O–H groups in total. The Labute approximate surface area is 153 Å². The average Bonchev–Trinajstić information content (AvgIpc) is 2.54. The van der Waals surface area contributed by atoms with Crippen LogP contribution >= 0.6 is 27.5 Å². The molecule has 0 atom stereocenters. The molecule has 2 rings (SSSR count). The smallest absolute Gasteiger partial charge is 0.271 e. The van der Waals surface area contributed by atoms with Gasteiger partial charge in [-0.1, -0.05) is 17.7 Å². The van der Waals surface area contributed by atoms with Gasteiger partial charge in [0, 0.05) is 20.6 Å². The molecule has 2 aromatic carbocycles. The van der Waals surface area contributed by atoms with E-state index in [1.807, 2.05) is 13.8 Å². The number of carbonyl (C=O) groups excluding carboxylic acids is 1. The SMILES string of the molecule is CCOc1cc(/C=N\NC(=O)c2ccc(C)c(Cl)c2)c(Br)cc1O. The summed E-state index contributed by atoms with van der Waals surface area (Å²) in [5, 5.41) is 14.2. The number of hydrogen-bond donors (Lipinski definition) is 2. The number of ether oxygens (including phenoxy) is 1. The van der Waals surface area contributed by atoms with Crippen LogP contribution in [0.25, 0.3) is 0 Å². The van der Waals surface area contributed by atoms with Crippen molar-refractivity contribution in [2.75, 3.05) is 6.61 Å². The second-order valence-corrected chi connectivity index (χ2v) is 6.20. The van der Waals surface area contributed by atoms with Crippen LogP contribution in [0.3, 0.4) is 0 Å². The lowest BCUT2D eigenvalue weighted by Gasteiger charge is -2.08. The molecule has 0 spiro atoms. The van der Waals surface area contributed by atoms with Crippen molar-refractivity contribution in [3.05, 3.63) is 56.5 Å². The van der Waals surface area contributed by atoms with Crippen LogP contribution in [0, 0.1) is 6.92 Å². The molecule has 2 aromatic rings. The van der Waals surface area contributed by atoms with E-state index in [0.717, 1.165) is 5.56 Å². The van der Waals surface area contributed by atoms with E-state index >= 15 is 0 Å². The number of carbonyl (C=O) groups is 1. The summed E-state index contributed by atoms with van der Waals surface area (Å²) in [7, 11) is 0. The number of hydrogen-bond acceptors (Lipinski definition) is 4. The average molecular weight is 412 g/mol. The highest BCUT2D eigenvalue weighted by molar-refractivity contribution is 9.10. The highest BCUT2D eigenvalue weighted by Gasteiger charge is 2.08. The van der Waals surface area contributed by atoms with Gasteiger partial charge in [-0.2, -0.15) is 5.10 Å². The first-order chi connectivity index (χ1) is 11.4. The summed E-state index contributed by atoms with van der Waals surface area (Å²) in [6, 6.07) is 8.17. The number of aromatic hydroxyl groups is 1. The molecule has 1 amide bonds. The van der Waals surface area contributed by atoms with Gasteiger partial charge in [0.2, 0.25) is 0 Å². The van der Waals surface area contributed by atoms with Crippen LogP contribution in [0.4, 0.5) is 0 Å². The number of amides is 1. The largest absolute Gasteiger partial charge is 0.504 e. The van der Waals surface area contributed by atoms with Crippen LogP contribution in [0.2, 0.25) is 5.02 Å². The maximum absolute atomic E-state index is 12.0. The fourth-order valence-corrected chi connectivity index (χ4v) is 2.50. The van der Waals surface area contributed by atoms with E-state index in [2.05, 4.69) is 26.5 Å². The first kappa shape index (κ1) is 18.3. The van der Waals surface area contributed by atoms with Gasteiger partial charge in [-0.25, -0.2) is 5.43 Å². The molecule has 0 fully saturated rings. The lowest BCUT2D eigenvalue weighted by molar-refractivity contribution is 0.0955. The number of halogens is 2. The van der Waals surface area contributed by atoms with Gasteiger partial charge in [0.15, 0.2) is 11.5 Å². The Balaban J connectivity index is 2.12. The third kappa shape index (κ3) is 4.49. The molecule has 0 unspecified atom stereocenters. The normalized spacial score (nSPS) is 10.8. The predicted molar refractivity (Wildman–Crippen MR) is 98.2 cm³/mol. The molecule has 0 bridgehead atoms. The zero-order chi connectivity index (χ0) is 17.7. The Morgan fingerprint density at radius 2 is 2.17 bits per heavy atom. The quantitative estimate of drug-likeness (QED) is 0.570. The number of nitrogens with one attached hydrogen (secondary N) is 1. The molecule has 0 aliphatic heterocycles. The van der Waals surface area contributed by atoms with Crippen molar-refractivity contribution < 1.29 is 14.6 Å².